The first kappa shape index (κ1) is 18.9. The molecule has 1 fully saturated rings. The minimum absolute atomic E-state index is 0.00156. The Kier molecular flexibility index (Phi) is 5.43. The number of nitrogens with zero attached hydrogens (tertiary/aromatic N) is 4. The number of carbonyl (C=O) groups excluding carboxylic acids is 1. The number of nitrogens with one attached hydrogen (secondary N) is 1. The van der Waals surface area contributed by atoms with Gasteiger partial charge in [0, 0.05) is 24.8 Å². The van der Waals surface area contributed by atoms with Gasteiger partial charge in [-0.25, -0.2) is 9.07 Å². The maximum Gasteiger partial charge on any atom is 0.316 e. The number of hydrogen-bond acceptors (Lipinski definition) is 7. The summed E-state index contributed by atoms with van der Waals surface area (Å²) < 4.78 is 24.7. The number of aromatic nitrogens is 4. The summed E-state index contributed by atoms with van der Waals surface area (Å²) in [5.74, 6) is -0.919. The molecule has 0 bridgehead atoms. The van der Waals surface area contributed by atoms with Gasteiger partial charge in [0.25, 0.3) is 5.56 Å². The SMILES string of the molecule is O=C(NC[C@@H]1CCCO1)c1nc(Cn2nc(-c3ccc(F)cc3)ccc2=O)no1. The summed E-state index contributed by atoms with van der Waals surface area (Å²) in [5, 5.41) is 10.7. The molecule has 2 aromatic heterocycles. The molecule has 0 aliphatic carbocycles. The molecule has 10 heteroatoms. The first-order valence-electron chi connectivity index (χ1n) is 9.15. The molecular weight excluding hydrogens is 381 g/mol. The second kappa shape index (κ2) is 8.31. The van der Waals surface area contributed by atoms with Crippen LogP contribution in [0.15, 0.2) is 45.7 Å². The fourth-order valence-electron chi connectivity index (χ4n) is 2.97. The van der Waals surface area contributed by atoms with Gasteiger partial charge in [0.15, 0.2) is 5.82 Å². The smallest absolute Gasteiger partial charge is 0.316 e. The van der Waals surface area contributed by atoms with Crippen molar-refractivity contribution in [3.05, 3.63) is 64.3 Å². The van der Waals surface area contributed by atoms with Gasteiger partial charge < -0.3 is 14.6 Å². The molecule has 1 saturated heterocycles. The highest BCUT2D eigenvalue weighted by Crippen LogP contribution is 2.16. The zero-order valence-electron chi connectivity index (χ0n) is 15.4. The van der Waals surface area contributed by atoms with Crippen molar-refractivity contribution < 1.29 is 18.4 Å². The van der Waals surface area contributed by atoms with Gasteiger partial charge >= 0.3 is 11.8 Å². The summed E-state index contributed by atoms with van der Waals surface area (Å²) in [5.41, 5.74) is 0.773. The number of ether oxygens (including phenoxy) is 1. The highest BCUT2D eigenvalue weighted by molar-refractivity contribution is 5.89. The van der Waals surface area contributed by atoms with Crippen molar-refractivity contribution in [1.29, 1.82) is 0 Å². The van der Waals surface area contributed by atoms with Crippen LogP contribution in [0.2, 0.25) is 0 Å². The molecule has 0 saturated carbocycles. The molecule has 150 valence electrons. The van der Waals surface area contributed by atoms with Crippen molar-refractivity contribution in [2.24, 2.45) is 0 Å². The number of halogens is 1. The van der Waals surface area contributed by atoms with Crippen LogP contribution in [0.1, 0.15) is 29.4 Å². The topological polar surface area (TPSA) is 112 Å². The Morgan fingerprint density at radius 1 is 1.24 bits per heavy atom. The molecule has 0 radical (unpaired) electrons. The minimum Gasteiger partial charge on any atom is -0.376 e. The van der Waals surface area contributed by atoms with Crippen LogP contribution in [-0.4, -0.2) is 45.1 Å². The van der Waals surface area contributed by atoms with Crippen LogP contribution >= 0.6 is 0 Å². The maximum atomic E-state index is 13.1. The lowest BCUT2D eigenvalue weighted by atomic mass is 10.1. The van der Waals surface area contributed by atoms with Gasteiger partial charge in [-0.05, 0) is 43.2 Å². The number of rotatable bonds is 6. The molecule has 9 nitrogen and oxygen atoms in total. The van der Waals surface area contributed by atoms with Crippen molar-refractivity contribution in [2.45, 2.75) is 25.5 Å². The average molecular weight is 399 g/mol. The Balaban J connectivity index is 1.45. The lowest BCUT2D eigenvalue weighted by Gasteiger charge is -2.08. The molecule has 1 aliphatic rings. The van der Waals surface area contributed by atoms with Crippen molar-refractivity contribution in [2.75, 3.05) is 13.2 Å². The third-order valence-corrected chi connectivity index (χ3v) is 4.47. The van der Waals surface area contributed by atoms with E-state index in [9.17, 15) is 14.0 Å². The number of amides is 1. The minimum atomic E-state index is -0.500. The van der Waals surface area contributed by atoms with Crippen molar-refractivity contribution in [3.63, 3.8) is 0 Å². The molecule has 29 heavy (non-hydrogen) atoms. The van der Waals surface area contributed by atoms with E-state index in [0.29, 0.717) is 24.4 Å². The fraction of sp³-hybridized carbons (Fsp3) is 0.316. The molecule has 3 aromatic rings. The summed E-state index contributed by atoms with van der Waals surface area (Å²) in [6, 6.07) is 8.65. The third-order valence-electron chi connectivity index (χ3n) is 4.47. The van der Waals surface area contributed by atoms with E-state index in [4.69, 9.17) is 9.26 Å². The molecule has 1 aromatic carbocycles. The number of carbonyl (C=O) groups is 1. The van der Waals surface area contributed by atoms with Crippen LogP contribution in [0.3, 0.4) is 0 Å². The average Bonchev–Trinajstić information content (AvgIpc) is 3.41. The summed E-state index contributed by atoms with van der Waals surface area (Å²) in [4.78, 5) is 28.3. The molecule has 1 amide bonds. The Morgan fingerprint density at radius 3 is 2.83 bits per heavy atom. The van der Waals surface area contributed by atoms with Crippen LogP contribution in [-0.2, 0) is 11.3 Å². The molecule has 1 N–H and O–H groups in total. The van der Waals surface area contributed by atoms with E-state index >= 15 is 0 Å². The molecule has 0 unspecified atom stereocenters. The zero-order chi connectivity index (χ0) is 20.2. The lowest BCUT2D eigenvalue weighted by Crippen LogP contribution is -2.32. The molecule has 0 spiro atoms. The molecular formula is C19H18FN5O4. The second-order valence-electron chi connectivity index (χ2n) is 6.58. The van der Waals surface area contributed by atoms with Crippen LogP contribution < -0.4 is 10.9 Å². The maximum absolute atomic E-state index is 13.1. The lowest BCUT2D eigenvalue weighted by molar-refractivity contribution is 0.0822. The zero-order valence-corrected chi connectivity index (χ0v) is 15.4. The van der Waals surface area contributed by atoms with Gasteiger partial charge in [0.05, 0.1) is 11.8 Å². The quantitative estimate of drug-likeness (QED) is 0.666. The van der Waals surface area contributed by atoms with Crippen molar-refractivity contribution in [3.8, 4) is 11.3 Å². The van der Waals surface area contributed by atoms with Gasteiger partial charge in [-0.3, -0.25) is 9.59 Å². The highest BCUT2D eigenvalue weighted by Gasteiger charge is 2.20. The Labute approximate surface area is 164 Å². The predicted molar refractivity (Wildman–Crippen MR) is 98.6 cm³/mol. The summed E-state index contributed by atoms with van der Waals surface area (Å²) in [6.45, 7) is 0.998. The van der Waals surface area contributed by atoms with Crippen LogP contribution in [0.5, 0.6) is 0 Å². The highest BCUT2D eigenvalue weighted by atomic mass is 19.1. The normalized spacial score (nSPS) is 16.1. The molecule has 1 atom stereocenters. The Hall–Kier alpha value is -3.40. The van der Waals surface area contributed by atoms with Crippen LogP contribution in [0.4, 0.5) is 4.39 Å². The van der Waals surface area contributed by atoms with Gasteiger partial charge in [-0.15, -0.1) is 0 Å². The number of benzene rings is 1. The van der Waals surface area contributed by atoms with E-state index in [2.05, 4.69) is 20.6 Å². The van der Waals surface area contributed by atoms with E-state index in [1.54, 1.807) is 18.2 Å². The molecule has 4 rings (SSSR count). The van der Waals surface area contributed by atoms with Crippen molar-refractivity contribution >= 4 is 5.91 Å². The molecule has 3 heterocycles. The second-order valence-corrected chi connectivity index (χ2v) is 6.58. The number of hydrogen-bond donors (Lipinski definition) is 1. The first-order chi connectivity index (χ1) is 14.1. The van der Waals surface area contributed by atoms with Crippen LogP contribution in [0, 0.1) is 5.82 Å². The largest absolute Gasteiger partial charge is 0.376 e. The van der Waals surface area contributed by atoms with Gasteiger partial charge in [0.2, 0.25) is 0 Å². The Morgan fingerprint density at radius 2 is 2.07 bits per heavy atom. The summed E-state index contributed by atoms with van der Waals surface area (Å²) in [6.07, 6.45) is 1.87. The van der Waals surface area contributed by atoms with E-state index in [1.807, 2.05) is 0 Å². The van der Waals surface area contributed by atoms with E-state index < -0.39 is 5.91 Å². The third kappa shape index (κ3) is 4.54. The molecule has 1 aliphatic heterocycles. The van der Waals surface area contributed by atoms with E-state index in [0.717, 1.165) is 17.5 Å². The Bertz CT molecular complexity index is 1060. The predicted octanol–water partition coefficient (Wildman–Crippen LogP) is 1.39. The standard InChI is InChI=1S/C19H18FN5O4/c20-13-5-3-12(4-6-13)15-7-8-17(26)25(23-15)11-16-22-19(29-24-16)18(27)21-10-14-2-1-9-28-14/h3-8,14H,1-2,9-11H2,(H,21,27)/t14-/m0/s1. The summed E-state index contributed by atoms with van der Waals surface area (Å²) >= 11 is 0. The summed E-state index contributed by atoms with van der Waals surface area (Å²) in [7, 11) is 0. The van der Waals surface area contributed by atoms with Gasteiger partial charge in [-0.1, -0.05) is 5.16 Å². The van der Waals surface area contributed by atoms with E-state index in [-0.39, 0.29) is 35.7 Å². The fourth-order valence-corrected chi connectivity index (χ4v) is 2.97. The van der Waals surface area contributed by atoms with Gasteiger partial charge in [0.1, 0.15) is 12.4 Å². The monoisotopic (exact) mass is 399 g/mol. The van der Waals surface area contributed by atoms with E-state index in [1.165, 1.54) is 18.2 Å². The van der Waals surface area contributed by atoms with Crippen LogP contribution in [0.25, 0.3) is 11.3 Å². The van der Waals surface area contributed by atoms with Gasteiger partial charge in [-0.2, -0.15) is 10.1 Å². The first-order valence-corrected chi connectivity index (χ1v) is 9.15. The van der Waals surface area contributed by atoms with Crippen molar-refractivity contribution in [1.82, 2.24) is 25.2 Å².